The lowest BCUT2D eigenvalue weighted by Crippen LogP contribution is -2.01. The highest BCUT2D eigenvalue weighted by Gasteiger charge is 2.15. The second-order valence-electron chi connectivity index (χ2n) is 3.55. The van der Waals surface area contributed by atoms with Crippen molar-refractivity contribution in [1.29, 1.82) is 0 Å². The van der Waals surface area contributed by atoms with Gasteiger partial charge in [0.05, 0.1) is 11.9 Å². The minimum Gasteiger partial charge on any atom is -0.386 e. The van der Waals surface area contributed by atoms with Crippen LogP contribution in [0.15, 0.2) is 24.0 Å². The van der Waals surface area contributed by atoms with E-state index in [-0.39, 0.29) is 0 Å². The van der Waals surface area contributed by atoms with Gasteiger partial charge in [-0.2, -0.15) is 0 Å². The number of thiazole rings is 2. The predicted octanol–water partition coefficient (Wildman–Crippen LogP) is 2.78. The van der Waals surface area contributed by atoms with Crippen LogP contribution in [0.2, 0.25) is 4.34 Å². The molecule has 0 saturated heterocycles. The average molecular weight is 286 g/mol. The van der Waals surface area contributed by atoms with Gasteiger partial charge in [-0.15, -0.1) is 22.7 Å². The number of aliphatic hydroxyl groups is 1. The highest BCUT2D eigenvalue weighted by Crippen LogP contribution is 2.26. The molecule has 0 aromatic carbocycles. The second-order valence-corrected chi connectivity index (χ2v) is 6.11. The molecule has 3 aromatic rings. The van der Waals surface area contributed by atoms with Crippen molar-refractivity contribution in [2.75, 3.05) is 0 Å². The molecule has 3 heterocycles. The molecule has 0 radical (unpaired) electrons. The number of hydrogen-bond donors (Lipinski definition) is 1. The van der Waals surface area contributed by atoms with Crippen LogP contribution in [0.25, 0.3) is 4.96 Å². The van der Waals surface area contributed by atoms with Crippen LogP contribution in [-0.4, -0.2) is 19.5 Å². The van der Waals surface area contributed by atoms with Crippen LogP contribution in [0.4, 0.5) is 0 Å². The Morgan fingerprint density at radius 3 is 3.12 bits per heavy atom. The highest BCUT2D eigenvalue weighted by atomic mass is 35.5. The molecule has 0 amide bonds. The molecular weight excluding hydrogens is 278 g/mol. The number of rotatable bonds is 3. The zero-order valence-corrected chi connectivity index (χ0v) is 11.0. The van der Waals surface area contributed by atoms with E-state index < -0.39 is 6.10 Å². The van der Waals surface area contributed by atoms with E-state index in [0.717, 1.165) is 10.7 Å². The van der Waals surface area contributed by atoms with Gasteiger partial charge in [-0.25, -0.2) is 9.97 Å². The maximum Gasteiger partial charge on any atom is 0.193 e. The Morgan fingerprint density at radius 2 is 2.41 bits per heavy atom. The van der Waals surface area contributed by atoms with Crippen LogP contribution in [0.3, 0.4) is 0 Å². The summed E-state index contributed by atoms with van der Waals surface area (Å²) in [4.78, 5) is 9.40. The van der Waals surface area contributed by atoms with Gasteiger partial charge in [0, 0.05) is 24.2 Å². The summed E-state index contributed by atoms with van der Waals surface area (Å²) < 4.78 is 2.53. The standard InChI is InChI=1S/C10H8ClN3OS2/c11-8-4-12-9(17-8)7(15)3-6-5-14-1-2-16-10(14)13-6/h1-2,4-5,7,15H,3H2. The number of halogens is 1. The third kappa shape index (κ3) is 2.21. The number of nitrogens with zero attached hydrogens (tertiary/aromatic N) is 3. The van der Waals surface area contributed by atoms with E-state index in [4.69, 9.17) is 11.6 Å². The summed E-state index contributed by atoms with van der Waals surface area (Å²) in [6.45, 7) is 0. The fraction of sp³-hybridized carbons (Fsp3) is 0.200. The minimum absolute atomic E-state index is 0.457. The summed E-state index contributed by atoms with van der Waals surface area (Å²) in [5.41, 5.74) is 0.857. The largest absolute Gasteiger partial charge is 0.386 e. The Bertz CT molecular complexity index is 616. The van der Waals surface area contributed by atoms with Gasteiger partial charge < -0.3 is 5.11 Å². The quantitative estimate of drug-likeness (QED) is 0.805. The van der Waals surface area contributed by atoms with Crippen molar-refractivity contribution in [3.8, 4) is 0 Å². The van der Waals surface area contributed by atoms with Gasteiger partial charge in [0.15, 0.2) is 4.96 Å². The molecule has 0 aliphatic heterocycles. The maximum atomic E-state index is 9.99. The molecule has 0 spiro atoms. The molecule has 17 heavy (non-hydrogen) atoms. The Balaban J connectivity index is 1.80. The van der Waals surface area contributed by atoms with Crippen LogP contribution in [0.1, 0.15) is 16.8 Å². The van der Waals surface area contributed by atoms with E-state index in [1.54, 1.807) is 17.5 Å². The fourth-order valence-corrected chi connectivity index (χ4v) is 3.22. The molecular formula is C10H8ClN3OS2. The van der Waals surface area contributed by atoms with E-state index >= 15 is 0 Å². The van der Waals surface area contributed by atoms with Crippen molar-refractivity contribution in [3.05, 3.63) is 39.0 Å². The molecule has 0 bridgehead atoms. The van der Waals surface area contributed by atoms with Crippen molar-refractivity contribution in [2.45, 2.75) is 12.5 Å². The Morgan fingerprint density at radius 1 is 1.53 bits per heavy atom. The van der Waals surface area contributed by atoms with E-state index in [2.05, 4.69) is 9.97 Å². The van der Waals surface area contributed by atoms with E-state index in [1.807, 2.05) is 22.2 Å². The summed E-state index contributed by atoms with van der Waals surface area (Å²) in [5, 5.41) is 12.6. The molecule has 7 heteroatoms. The molecule has 3 aromatic heterocycles. The Hall–Kier alpha value is -0.950. The number of imidazole rings is 1. The van der Waals surface area contributed by atoms with Gasteiger partial charge in [-0.3, -0.25) is 4.40 Å². The molecule has 1 unspecified atom stereocenters. The van der Waals surface area contributed by atoms with Crippen LogP contribution >= 0.6 is 34.3 Å². The molecule has 88 valence electrons. The lowest BCUT2D eigenvalue weighted by molar-refractivity contribution is 0.177. The van der Waals surface area contributed by atoms with E-state index in [0.29, 0.717) is 15.8 Å². The van der Waals surface area contributed by atoms with Crippen molar-refractivity contribution in [1.82, 2.24) is 14.4 Å². The van der Waals surface area contributed by atoms with E-state index in [1.165, 1.54) is 11.3 Å². The lowest BCUT2D eigenvalue weighted by atomic mass is 10.2. The second kappa shape index (κ2) is 4.38. The smallest absolute Gasteiger partial charge is 0.193 e. The summed E-state index contributed by atoms with van der Waals surface area (Å²) in [6.07, 6.45) is 5.24. The van der Waals surface area contributed by atoms with Gasteiger partial charge in [0.2, 0.25) is 0 Å². The van der Waals surface area contributed by atoms with Gasteiger partial charge >= 0.3 is 0 Å². The SMILES string of the molecule is OC(Cc1cn2ccsc2n1)c1ncc(Cl)s1. The number of aromatic nitrogens is 3. The van der Waals surface area contributed by atoms with Gasteiger partial charge in [0.25, 0.3) is 0 Å². The van der Waals surface area contributed by atoms with Crippen molar-refractivity contribution in [3.63, 3.8) is 0 Å². The monoisotopic (exact) mass is 285 g/mol. The third-order valence-electron chi connectivity index (χ3n) is 2.33. The minimum atomic E-state index is -0.642. The number of fused-ring (bicyclic) bond motifs is 1. The first-order valence-corrected chi connectivity index (χ1v) is 7.00. The van der Waals surface area contributed by atoms with Crippen molar-refractivity contribution >= 4 is 39.2 Å². The average Bonchev–Trinajstić information content (AvgIpc) is 2.92. The topological polar surface area (TPSA) is 50.4 Å². The predicted molar refractivity (Wildman–Crippen MR) is 68.9 cm³/mol. The molecule has 0 aliphatic carbocycles. The number of aliphatic hydroxyl groups excluding tert-OH is 1. The summed E-state index contributed by atoms with van der Waals surface area (Å²) >= 11 is 8.65. The van der Waals surface area contributed by atoms with Crippen LogP contribution < -0.4 is 0 Å². The first-order valence-electron chi connectivity index (χ1n) is 4.93. The van der Waals surface area contributed by atoms with Crippen LogP contribution in [0, 0.1) is 0 Å². The van der Waals surface area contributed by atoms with Gasteiger partial charge in [-0.05, 0) is 0 Å². The first kappa shape index (κ1) is 11.2. The lowest BCUT2D eigenvalue weighted by Gasteiger charge is -2.03. The molecule has 1 atom stereocenters. The fourth-order valence-electron chi connectivity index (χ4n) is 1.58. The van der Waals surface area contributed by atoms with Gasteiger partial charge in [-0.1, -0.05) is 11.6 Å². The first-order chi connectivity index (χ1) is 8.22. The third-order valence-corrected chi connectivity index (χ3v) is 4.31. The summed E-state index contributed by atoms with van der Waals surface area (Å²) in [7, 11) is 0. The zero-order valence-electron chi connectivity index (χ0n) is 8.58. The Kier molecular flexibility index (Phi) is 2.87. The molecule has 0 aliphatic rings. The molecule has 0 fully saturated rings. The molecule has 0 saturated carbocycles. The van der Waals surface area contributed by atoms with Crippen LogP contribution in [0.5, 0.6) is 0 Å². The normalized spacial score (nSPS) is 13.3. The molecule has 1 N–H and O–H groups in total. The summed E-state index contributed by atoms with van der Waals surface area (Å²) in [5.74, 6) is 0. The zero-order chi connectivity index (χ0) is 11.8. The number of hydrogen-bond acceptors (Lipinski definition) is 5. The highest BCUT2D eigenvalue weighted by molar-refractivity contribution is 7.16. The van der Waals surface area contributed by atoms with Crippen LogP contribution in [-0.2, 0) is 6.42 Å². The molecule has 4 nitrogen and oxygen atoms in total. The summed E-state index contributed by atoms with van der Waals surface area (Å²) in [6, 6.07) is 0. The van der Waals surface area contributed by atoms with E-state index in [9.17, 15) is 5.11 Å². The van der Waals surface area contributed by atoms with Crippen molar-refractivity contribution in [2.24, 2.45) is 0 Å². The maximum absolute atomic E-state index is 9.99. The van der Waals surface area contributed by atoms with Crippen molar-refractivity contribution < 1.29 is 5.11 Å². The van der Waals surface area contributed by atoms with Gasteiger partial charge in [0.1, 0.15) is 15.4 Å². The molecule has 3 rings (SSSR count). The Labute approximate surface area is 110 Å².